The molecule has 0 saturated heterocycles. The Labute approximate surface area is 178 Å². The van der Waals surface area contributed by atoms with E-state index in [-0.39, 0.29) is 29.7 Å². The molecule has 8 nitrogen and oxygen atoms in total. The minimum absolute atomic E-state index is 0.00538. The van der Waals surface area contributed by atoms with Crippen molar-refractivity contribution in [3.63, 3.8) is 0 Å². The third-order valence-electron chi connectivity index (χ3n) is 4.51. The molecule has 31 heavy (non-hydrogen) atoms. The Morgan fingerprint density at radius 1 is 1.19 bits per heavy atom. The lowest BCUT2D eigenvalue weighted by Crippen LogP contribution is -2.32. The van der Waals surface area contributed by atoms with Gasteiger partial charge in [-0.1, -0.05) is 6.07 Å². The molecule has 0 amide bonds. The van der Waals surface area contributed by atoms with E-state index in [0.717, 1.165) is 42.0 Å². The van der Waals surface area contributed by atoms with E-state index in [4.69, 9.17) is 0 Å². The molecule has 3 aromatic rings. The molecule has 0 aliphatic heterocycles. The zero-order valence-electron chi connectivity index (χ0n) is 15.9. The highest BCUT2D eigenvalue weighted by molar-refractivity contribution is 7.89. The Kier molecular flexibility index (Phi) is 5.66. The fourth-order valence-corrected chi connectivity index (χ4v) is 4.72. The van der Waals surface area contributed by atoms with Gasteiger partial charge in [0, 0.05) is 12.6 Å². The summed E-state index contributed by atoms with van der Waals surface area (Å²) >= 11 is 1.46. The van der Waals surface area contributed by atoms with Gasteiger partial charge in [-0.2, -0.15) is 0 Å². The van der Waals surface area contributed by atoms with E-state index in [0.29, 0.717) is 5.82 Å². The molecular formula is C18H17F3N4O4S2. The van der Waals surface area contributed by atoms with E-state index in [1.165, 1.54) is 16.0 Å². The summed E-state index contributed by atoms with van der Waals surface area (Å²) in [5, 5.41) is 6.26. The Hall–Kier alpha value is -2.64. The van der Waals surface area contributed by atoms with Gasteiger partial charge in [-0.25, -0.2) is 22.6 Å². The summed E-state index contributed by atoms with van der Waals surface area (Å²) in [5.41, 5.74) is -0.307. The number of nitrogens with zero attached hydrogens (tertiary/aromatic N) is 3. The molecule has 2 heterocycles. The molecule has 1 saturated carbocycles. The zero-order chi connectivity index (χ0) is 22.2. The third kappa shape index (κ3) is 4.99. The number of thiophene rings is 1. The molecule has 1 aliphatic rings. The molecule has 166 valence electrons. The lowest BCUT2D eigenvalue weighted by molar-refractivity contribution is -0.274. The summed E-state index contributed by atoms with van der Waals surface area (Å²) < 4.78 is 70.4. The SMILES string of the molecule is O=c1n(CCNS(=O)(=O)c2ccc(OC(F)(F)F)cc2)nc(-c2cccs2)n1C1CC1. The number of benzene rings is 1. The second-order valence-corrected chi connectivity index (χ2v) is 9.54. The standard InChI is InChI=1S/C18H17F3N4O4S2/c19-18(20,21)29-13-5-7-14(8-6-13)31(27,28)22-9-10-24-17(26)25(12-3-4-12)16(23-24)15-2-1-11-30-15/h1-2,5-8,11-12,22H,3-4,9-10H2. The van der Waals surface area contributed by atoms with Crippen LogP contribution in [-0.2, 0) is 16.6 Å². The molecule has 13 heteroatoms. The Bertz CT molecular complexity index is 1210. The number of alkyl halides is 3. The molecule has 2 aromatic heterocycles. The highest BCUT2D eigenvalue weighted by Crippen LogP contribution is 2.37. The molecular weight excluding hydrogens is 457 g/mol. The summed E-state index contributed by atoms with van der Waals surface area (Å²) in [4.78, 5) is 13.4. The van der Waals surface area contributed by atoms with Crippen LogP contribution < -0.4 is 15.1 Å². The average molecular weight is 474 g/mol. The quantitative estimate of drug-likeness (QED) is 0.542. The van der Waals surface area contributed by atoms with E-state index in [1.54, 1.807) is 4.57 Å². The molecule has 0 bridgehead atoms. The smallest absolute Gasteiger partial charge is 0.406 e. The van der Waals surface area contributed by atoms with Crippen LogP contribution in [0.3, 0.4) is 0 Å². The van der Waals surface area contributed by atoms with Crippen molar-refractivity contribution < 1.29 is 26.3 Å². The van der Waals surface area contributed by atoms with Crippen LogP contribution in [0.15, 0.2) is 51.5 Å². The number of ether oxygens (including phenoxy) is 1. The molecule has 0 radical (unpaired) electrons. The van der Waals surface area contributed by atoms with E-state index in [1.807, 2.05) is 17.5 Å². The van der Waals surface area contributed by atoms with Crippen LogP contribution in [0.2, 0.25) is 0 Å². The van der Waals surface area contributed by atoms with Gasteiger partial charge in [0.2, 0.25) is 10.0 Å². The topological polar surface area (TPSA) is 95.2 Å². The van der Waals surface area contributed by atoms with Crippen LogP contribution in [-0.4, -0.2) is 35.7 Å². The molecule has 0 atom stereocenters. The molecule has 1 fully saturated rings. The second-order valence-electron chi connectivity index (χ2n) is 6.82. The van der Waals surface area contributed by atoms with Gasteiger partial charge in [0.15, 0.2) is 5.82 Å². The van der Waals surface area contributed by atoms with Crippen LogP contribution in [0, 0.1) is 0 Å². The minimum Gasteiger partial charge on any atom is -0.406 e. The summed E-state index contributed by atoms with van der Waals surface area (Å²) in [7, 11) is -3.99. The van der Waals surface area contributed by atoms with Crippen molar-refractivity contribution in [1.29, 1.82) is 0 Å². The highest BCUT2D eigenvalue weighted by Gasteiger charge is 2.32. The van der Waals surface area contributed by atoms with Crippen LogP contribution in [0.4, 0.5) is 13.2 Å². The lowest BCUT2D eigenvalue weighted by Gasteiger charge is -2.10. The summed E-state index contributed by atoms with van der Waals surface area (Å²) in [6.07, 6.45) is -3.08. The van der Waals surface area contributed by atoms with Gasteiger partial charge in [0.05, 0.1) is 16.3 Å². The minimum atomic E-state index is -4.86. The maximum atomic E-state index is 12.7. The normalized spacial score (nSPS) is 14.7. The number of nitrogens with one attached hydrogen (secondary N) is 1. The predicted molar refractivity (Wildman–Crippen MR) is 106 cm³/mol. The van der Waals surface area contributed by atoms with Gasteiger partial charge in [0.25, 0.3) is 0 Å². The summed E-state index contributed by atoms with van der Waals surface area (Å²) in [6.45, 7) is -0.111. The number of hydrogen-bond donors (Lipinski definition) is 1. The average Bonchev–Trinajstić information content (AvgIpc) is 3.26. The van der Waals surface area contributed by atoms with E-state index in [2.05, 4.69) is 14.6 Å². The first-order valence-electron chi connectivity index (χ1n) is 9.23. The van der Waals surface area contributed by atoms with Gasteiger partial charge < -0.3 is 4.74 Å². The molecule has 4 rings (SSSR count). The first-order valence-corrected chi connectivity index (χ1v) is 11.6. The van der Waals surface area contributed by atoms with Crippen molar-refractivity contribution in [1.82, 2.24) is 19.1 Å². The Balaban J connectivity index is 1.44. The van der Waals surface area contributed by atoms with Crippen LogP contribution in [0.1, 0.15) is 18.9 Å². The predicted octanol–water partition coefficient (Wildman–Crippen LogP) is 2.99. The molecule has 0 unspecified atom stereocenters. The van der Waals surface area contributed by atoms with Gasteiger partial charge >= 0.3 is 12.1 Å². The third-order valence-corrected chi connectivity index (χ3v) is 6.85. The van der Waals surface area contributed by atoms with Gasteiger partial charge in [-0.05, 0) is 48.6 Å². The maximum Gasteiger partial charge on any atom is 0.573 e. The summed E-state index contributed by atoms with van der Waals surface area (Å²) in [6, 6.07) is 7.67. The van der Waals surface area contributed by atoms with E-state index < -0.39 is 22.1 Å². The summed E-state index contributed by atoms with van der Waals surface area (Å²) in [5.74, 6) is 0.0373. The van der Waals surface area contributed by atoms with Gasteiger partial charge in [-0.3, -0.25) is 4.57 Å². The monoisotopic (exact) mass is 474 g/mol. The van der Waals surface area contributed by atoms with Crippen LogP contribution in [0.25, 0.3) is 10.7 Å². The largest absolute Gasteiger partial charge is 0.573 e. The first-order chi connectivity index (χ1) is 14.6. The number of rotatable bonds is 8. The Morgan fingerprint density at radius 3 is 2.48 bits per heavy atom. The fourth-order valence-electron chi connectivity index (χ4n) is 2.99. The van der Waals surface area contributed by atoms with Crippen molar-refractivity contribution in [2.75, 3.05) is 6.54 Å². The van der Waals surface area contributed by atoms with E-state index >= 15 is 0 Å². The van der Waals surface area contributed by atoms with Crippen molar-refractivity contribution in [2.24, 2.45) is 0 Å². The van der Waals surface area contributed by atoms with Crippen LogP contribution in [0.5, 0.6) is 5.75 Å². The second kappa shape index (κ2) is 8.13. The molecule has 1 aromatic carbocycles. The number of sulfonamides is 1. The zero-order valence-corrected chi connectivity index (χ0v) is 17.5. The van der Waals surface area contributed by atoms with Gasteiger partial charge in [0.1, 0.15) is 5.75 Å². The van der Waals surface area contributed by atoms with Crippen LogP contribution >= 0.6 is 11.3 Å². The van der Waals surface area contributed by atoms with Crippen molar-refractivity contribution in [3.8, 4) is 16.5 Å². The maximum absolute atomic E-state index is 12.7. The molecule has 1 N–H and O–H groups in total. The van der Waals surface area contributed by atoms with Gasteiger partial charge in [-0.15, -0.1) is 29.6 Å². The highest BCUT2D eigenvalue weighted by atomic mass is 32.2. The first kappa shape index (κ1) is 21.6. The van der Waals surface area contributed by atoms with E-state index in [9.17, 15) is 26.4 Å². The van der Waals surface area contributed by atoms with Crippen molar-refractivity contribution in [3.05, 3.63) is 52.3 Å². The fraction of sp³-hybridized carbons (Fsp3) is 0.333. The number of halogens is 3. The van der Waals surface area contributed by atoms with Crippen molar-refractivity contribution in [2.45, 2.75) is 36.7 Å². The van der Waals surface area contributed by atoms with Crippen molar-refractivity contribution >= 4 is 21.4 Å². The molecule has 1 aliphatic carbocycles. The Morgan fingerprint density at radius 2 is 1.90 bits per heavy atom. The lowest BCUT2D eigenvalue weighted by atomic mass is 10.3. The number of aromatic nitrogens is 3. The number of hydrogen-bond acceptors (Lipinski definition) is 6. The molecule has 0 spiro atoms.